The third-order valence-electron chi connectivity index (χ3n) is 2.22. The molecule has 1 unspecified atom stereocenters. The summed E-state index contributed by atoms with van der Waals surface area (Å²) in [6.07, 6.45) is 1.30. The second-order valence-electron chi connectivity index (χ2n) is 3.56. The van der Waals surface area contributed by atoms with E-state index in [1.807, 2.05) is 0 Å². The summed E-state index contributed by atoms with van der Waals surface area (Å²) in [6.45, 7) is 1.65. The molecule has 0 radical (unpaired) electrons. The number of aliphatic imine (C=N–C) groups is 1. The number of benzene rings is 1. The molecule has 0 fully saturated rings. The Morgan fingerprint density at radius 2 is 2.06 bits per heavy atom. The molecule has 1 rings (SSSR count). The van der Waals surface area contributed by atoms with Gasteiger partial charge in [-0.3, -0.25) is 4.99 Å². The van der Waals surface area contributed by atoms with E-state index in [4.69, 9.17) is 34.8 Å². The van der Waals surface area contributed by atoms with Crippen LogP contribution in [-0.4, -0.2) is 29.0 Å². The second kappa shape index (κ2) is 6.41. The molecule has 6 heteroatoms. The molecule has 0 saturated heterocycles. The third-order valence-corrected chi connectivity index (χ3v) is 3.63. The lowest BCUT2D eigenvalue weighted by atomic mass is 10.2. The Balaban J connectivity index is 3.05. The van der Waals surface area contributed by atoms with Crippen LogP contribution in [0, 0.1) is 0 Å². The SMILES string of the molecule is COC(=O)c1ccccc1N=CC(Cl)(Cl)C(C)Cl. The molecule has 0 aliphatic carbocycles. The molecule has 1 aromatic rings. The molecule has 1 atom stereocenters. The number of carbonyl (C=O) groups excluding carboxylic acids is 1. The summed E-state index contributed by atoms with van der Waals surface area (Å²) < 4.78 is 3.35. The van der Waals surface area contributed by atoms with Gasteiger partial charge in [-0.15, -0.1) is 11.6 Å². The minimum Gasteiger partial charge on any atom is -0.465 e. The number of para-hydroxylation sites is 1. The van der Waals surface area contributed by atoms with Crippen LogP contribution in [0.5, 0.6) is 0 Å². The fourth-order valence-corrected chi connectivity index (χ4v) is 1.28. The van der Waals surface area contributed by atoms with Crippen LogP contribution in [0.2, 0.25) is 0 Å². The molecule has 0 aliphatic rings. The number of hydrogen-bond acceptors (Lipinski definition) is 3. The molecule has 0 aliphatic heterocycles. The van der Waals surface area contributed by atoms with Crippen molar-refractivity contribution in [2.45, 2.75) is 16.6 Å². The van der Waals surface area contributed by atoms with Crippen LogP contribution in [0.3, 0.4) is 0 Å². The van der Waals surface area contributed by atoms with Crippen LogP contribution < -0.4 is 0 Å². The van der Waals surface area contributed by atoms with E-state index in [0.717, 1.165) is 0 Å². The number of carbonyl (C=O) groups is 1. The quantitative estimate of drug-likeness (QED) is 0.479. The summed E-state index contributed by atoms with van der Waals surface area (Å²) in [5.74, 6) is -0.476. The molecule has 0 aromatic heterocycles. The molecule has 0 heterocycles. The first-order valence-corrected chi connectivity index (χ1v) is 6.32. The van der Waals surface area contributed by atoms with E-state index in [2.05, 4.69) is 9.73 Å². The molecule has 0 N–H and O–H groups in total. The lowest BCUT2D eigenvalue weighted by Gasteiger charge is -2.16. The molecular formula is C12H12Cl3NO2. The highest BCUT2D eigenvalue weighted by Gasteiger charge is 2.28. The average molecular weight is 309 g/mol. The largest absolute Gasteiger partial charge is 0.465 e. The van der Waals surface area contributed by atoms with Gasteiger partial charge in [-0.05, 0) is 19.1 Å². The van der Waals surface area contributed by atoms with Crippen LogP contribution in [-0.2, 0) is 4.74 Å². The fraction of sp³-hybridized carbons (Fsp3) is 0.333. The number of halogens is 3. The fourth-order valence-electron chi connectivity index (χ4n) is 1.13. The summed E-state index contributed by atoms with van der Waals surface area (Å²) in [5.41, 5.74) is 0.759. The number of nitrogens with zero attached hydrogens (tertiary/aromatic N) is 1. The number of methoxy groups -OCH3 is 1. The maximum Gasteiger partial charge on any atom is 0.340 e. The Kier molecular flexibility index (Phi) is 5.45. The first-order chi connectivity index (χ1) is 8.38. The van der Waals surface area contributed by atoms with Crippen molar-refractivity contribution in [2.75, 3.05) is 7.11 Å². The van der Waals surface area contributed by atoms with Crippen LogP contribution in [0.25, 0.3) is 0 Å². The van der Waals surface area contributed by atoms with Crippen LogP contribution >= 0.6 is 34.8 Å². The standard InChI is InChI=1S/C12H12Cl3NO2/c1-8(13)12(14,15)7-16-10-6-4-3-5-9(10)11(17)18-2/h3-8H,1-2H3. The van der Waals surface area contributed by atoms with Crippen molar-refractivity contribution in [3.63, 3.8) is 0 Å². The lowest BCUT2D eigenvalue weighted by Crippen LogP contribution is -2.25. The maximum absolute atomic E-state index is 11.5. The summed E-state index contributed by atoms with van der Waals surface area (Å²) >= 11 is 17.7. The van der Waals surface area contributed by atoms with Gasteiger partial charge in [0, 0.05) is 6.21 Å². The summed E-state index contributed by atoms with van der Waals surface area (Å²) in [4.78, 5) is 15.6. The van der Waals surface area contributed by atoms with E-state index in [9.17, 15) is 4.79 Å². The molecule has 0 saturated carbocycles. The van der Waals surface area contributed by atoms with Gasteiger partial charge in [0.15, 0.2) is 4.33 Å². The molecular weight excluding hydrogens is 296 g/mol. The van der Waals surface area contributed by atoms with Gasteiger partial charge in [-0.2, -0.15) is 0 Å². The van der Waals surface area contributed by atoms with Crippen molar-refractivity contribution in [1.82, 2.24) is 0 Å². The first-order valence-electron chi connectivity index (χ1n) is 5.13. The number of rotatable bonds is 4. The Morgan fingerprint density at radius 3 is 2.61 bits per heavy atom. The zero-order valence-electron chi connectivity index (χ0n) is 9.86. The van der Waals surface area contributed by atoms with Gasteiger partial charge in [0.25, 0.3) is 0 Å². The summed E-state index contributed by atoms with van der Waals surface area (Å²) in [5, 5.41) is -0.519. The highest BCUT2D eigenvalue weighted by Crippen LogP contribution is 2.29. The zero-order valence-corrected chi connectivity index (χ0v) is 12.1. The Labute approximate surface area is 121 Å². The Morgan fingerprint density at radius 1 is 1.44 bits per heavy atom. The second-order valence-corrected chi connectivity index (χ2v) is 5.66. The van der Waals surface area contributed by atoms with Crippen LogP contribution in [0.4, 0.5) is 5.69 Å². The lowest BCUT2D eigenvalue weighted by molar-refractivity contribution is 0.0602. The van der Waals surface area contributed by atoms with Crippen molar-refractivity contribution in [3.8, 4) is 0 Å². The molecule has 3 nitrogen and oxygen atoms in total. The number of hydrogen-bond donors (Lipinski definition) is 0. The van der Waals surface area contributed by atoms with Gasteiger partial charge in [0.05, 0.1) is 23.7 Å². The summed E-state index contributed by atoms with van der Waals surface area (Å²) in [6, 6.07) is 6.72. The van der Waals surface area contributed by atoms with Gasteiger partial charge in [0.2, 0.25) is 0 Å². The van der Waals surface area contributed by atoms with E-state index < -0.39 is 15.7 Å². The monoisotopic (exact) mass is 307 g/mol. The van der Waals surface area contributed by atoms with Crippen molar-refractivity contribution >= 4 is 52.7 Å². The zero-order chi connectivity index (χ0) is 13.8. The predicted octanol–water partition coefficient (Wildman–Crippen LogP) is 3.98. The normalized spacial score (nSPS) is 13.6. The van der Waals surface area contributed by atoms with E-state index in [1.54, 1.807) is 31.2 Å². The molecule has 0 bridgehead atoms. The predicted molar refractivity (Wildman–Crippen MR) is 75.7 cm³/mol. The minimum atomic E-state index is -1.30. The maximum atomic E-state index is 11.5. The molecule has 0 spiro atoms. The Bertz CT molecular complexity index is 458. The first kappa shape index (κ1) is 15.3. The van der Waals surface area contributed by atoms with E-state index >= 15 is 0 Å². The van der Waals surface area contributed by atoms with Gasteiger partial charge in [-0.25, -0.2) is 4.79 Å². The van der Waals surface area contributed by atoms with Gasteiger partial charge in [-0.1, -0.05) is 35.3 Å². The highest BCUT2D eigenvalue weighted by molar-refractivity contribution is 6.59. The van der Waals surface area contributed by atoms with E-state index in [0.29, 0.717) is 11.3 Å². The number of ether oxygens (including phenoxy) is 1. The summed E-state index contributed by atoms with van der Waals surface area (Å²) in [7, 11) is 1.30. The number of esters is 1. The van der Waals surface area contributed by atoms with Crippen molar-refractivity contribution in [3.05, 3.63) is 29.8 Å². The van der Waals surface area contributed by atoms with Crippen molar-refractivity contribution < 1.29 is 9.53 Å². The minimum absolute atomic E-state index is 0.336. The van der Waals surface area contributed by atoms with Crippen molar-refractivity contribution in [2.24, 2.45) is 4.99 Å². The van der Waals surface area contributed by atoms with Gasteiger partial charge < -0.3 is 4.74 Å². The highest BCUT2D eigenvalue weighted by atomic mass is 35.5. The molecule has 18 heavy (non-hydrogen) atoms. The van der Waals surface area contributed by atoms with Crippen LogP contribution in [0.15, 0.2) is 29.3 Å². The van der Waals surface area contributed by atoms with Gasteiger partial charge in [0.1, 0.15) is 0 Å². The Hall–Kier alpha value is -0.770. The molecule has 1 aromatic carbocycles. The third kappa shape index (κ3) is 3.87. The molecule has 0 amide bonds. The van der Waals surface area contributed by atoms with E-state index in [1.165, 1.54) is 13.3 Å². The topological polar surface area (TPSA) is 38.7 Å². The van der Waals surface area contributed by atoms with Gasteiger partial charge >= 0.3 is 5.97 Å². The number of alkyl halides is 3. The van der Waals surface area contributed by atoms with E-state index in [-0.39, 0.29) is 0 Å². The smallest absolute Gasteiger partial charge is 0.340 e. The van der Waals surface area contributed by atoms with Crippen LogP contribution in [0.1, 0.15) is 17.3 Å². The molecule has 98 valence electrons. The average Bonchev–Trinajstić information content (AvgIpc) is 2.35. The van der Waals surface area contributed by atoms with Crippen molar-refractivity contribution in [1.29, 1.82) is 0 Å².